The highest BCUT2D eigenvalue weighted by molar-refractivity contribution is 5.95. The van der Waals surface area contributed by atoms with Crippen molar-refractivity contribution in [2.75, 3.05) is 0 Å². The summed E-state index contributed by atoms with van der Waals surface area (Å²) in [6, 6.07) is 5.96. The molecule has 0 N–H and O–H groups in total. The van der Waals surface area contributed by atoms with Gasteiger partial charge in [-0.15, -0.1) is 0 Å². The van der Waals surface area contributed by atoms with Gasteiger partial charge in [0.05, 0.1) is 11.3 Å². The third-order valence-electron chi connectivity index (χ3n) is 6.13. The van der Waals surface area contributed by atoms with Gasteiger partial charge < -0.3 is 4.90 Å². The van der Waals surface area contributed by atoms with E-state index < -0.39 is 0 Å². The van der Waals surface area contributed by atoms with Gasteiger partial charge in [-0.2, -0.15) is 0 Å². The topological polar surface area (TPSA) is 46.1 Å². The molecule has 4 rings (SSSR count). The van der Waals surface area contributed by atoms with E-state index in [2.05, 4.69) is 21.8 Å². The molecule has 0 saturated carbocycles. The molecule has 1 aromatic heterocycles. The maximum absolute atomic E-state index is 13.6. The molecule has 2 aromatic rings. The number of nitrogens with zero attached hydrogens (tertiary/aromatic N) is 3. The van der Waals surface area contributed by atoms with Crippen LogP contribution in [0.1, 0.15) is 72.1 Å². The number of amides is 1. The van der Waals surface area contributed by atoms with Crippen LogP contribution < -0.4 is 0 Å². The number of hydrogen-bond donors (Lipinski definition) is 0. The second-order valence-electron chi connectivity index (χ2n) is 7.91. The number of fused-ring (bicyclic) bond motifs is 2. The smallest absolute Gasteiger partial charge is 0.257 e. The zero-order chi connectivity index (χ0) is 19.0. The summed E-state index contributed by atoms with van der Waals surface area (Å²) in [5.74, 6) is 0.329. The molecule has 2 aliphatic rings. The van der Waals surface area contributed by atoms with Gasteiger partial charge >= 0.3 is 0 Å². The highest BCUT2D eigenvalue weighted by Crippen LogP contribution is 2.44. The Labute approximate surface area is 159 Å². The molecule has 4 nitrogen and oxygen atoms in total. The molecule has 2 saturated heterocycles. The van der Waals surface area contributed by atoms with Gasteiger partial charge in [-0.05, 0) is 62.1 Å². The summed E-state index contributed by atoms with van der Waals surface area (Å²) < 4.78 is 13.6. The summed E-state index contributed by atoms with van der Waals surface area (Å²) in [5, 5.41) is 0. The normalized spacial score (nSPS) is 24.3. The van der Waals surface area contributed by atoms with Crippen molar-refractivity contribution < 1.29 is 9.18 Å². The van der Waals surface area contributed by atoms with E-state index in [1.54, 1.807) is 12.3 Å². The van der Waals surface area contributed by atoms with E-state index in [0.29, 0.717) is 17.0 Å². The highest BCUT2D eigenvalue weighted by Gasteiger charge is 2.44. The third-order valence-corrected chi connectivity index (χ3v) is 6.13. The first-order chi connectivity index (χ1) is 13.1. The molecule has 1 aromatic carbocycles. The SMILES string of the molecule is CCCc1ncncc1C(=O)N1[C@@H]2CC[C@H]1CC(c1ccc(F)c(C)c1)C2. The molecule has 27 heavy (non-hydrogen) atoms. The number of piperidine rings is 1. The number of carbonyl (C=O) groups excluding carboxylic acids is 1. The second kappa shape index (κ2) is 7.37. The van der Waals surface area contributed by atoms with Crippen molar-refractivity contribution in [3.63, 3.8) is 0 Å². The van der Waals surface area contributed by atoms with Gasteiger partial charge in [0.15, 0.2) is 0 Å². The van der Waals surface area contributed by atoms with Crippen molar-refractivity contribution in [2.24, 2.45) is 0 Å². The summed E-state index contributed by atoms with van der Waals surface area (Å²) in [5.41, 5.74) is 3.41. The Morgan fingerprint density at radius 2 is 2.00 bits per heavy atom. The van der Waals surface area contributed by atoms with Crippen molar-refractivity contribution >= 4 is 5.91 Å². The van der Waals surface area contributed by atoms with E-state index in [-0.39, 0.29) is 23.8 Å². The zero-order valence-corrected chi connectivity index (χ0v) is 16.0. The summed E-state index contributed by atoms with van der Waals surface area (Å²) >= 11 is 0. The Hall–Kier alpha value is -2.30. The van der Waals surface area contributed by atoms with Gasteiger partial charge in [-0.3, -0.25) is 4.79 Å². The lowest BCUT2D eigenvalue weighted by atomic mass is 9.84. The van der Waals surface area contributed by atoms with Crippen LogP contribution in [0.25, 0.3) is 0 Å². The number of hydrogen-bond acceptors (Lipinski definition) is 3. The number of carbonyl (C=O) groups is 1. The van der Waals surface area contributed by atoms with Gasteiger partial charge in [0.1, 0.15) is 12.1 Å². The average molecular weight is 367 g/mol. The van der Waals surface area contributed by atoms with Crippen molar-refractivity contribution in [1.82, 2.24) is 14.9 Å². The van der Waals surface area contributed by atoms with Crippen LogP contribution in [0.2, 0.25) is 0 Å². The molecule has 0 radical (unpaired) electrons. The summed E-state index contributed by atoms with van der Waals surface area (Å²) in [4.78, 5) is 23.8. The maximum atomic E-state index is 13.6. The van der Waals surface area contributed by atoms with Crippen molar-refractivity contribution in [2.45, 2.75) is 70.4 Å². The molecule has 5 heteroatoms. The average Bonchev–Trinajstić information content (AvgIpc) is 2.93. The third kappa shape index (κ3) is 3.35. The molecular formula is C22H26FN3O. The van der Waals surface area contributed by atoms with E-state index in [9.17, 15) is 9.18 Å². The molecule has 2 fully saturated rings. The van der Waals surface area contributed by atoms with Crippen molar-refractivity contribution in [3.05, 3.63) is 58.9 Å². The van der Waals surface area contributed by atoms with Gasteiger partial charge in [0.25, 0.3) is 5.91 Å². The number of aromatic nitrogens is 2. The van der Waals surface area contributed by atoms with E-state index in [0.717, 1.165) is 44.2 Å². The predicted octanol–water partition coefficient (Wildman–Crippen LogP) is 4.43. The number of benzene rings is 1. The summed E-state index contributed by atoms with van der Waals surface area (Å²) in [6.07, 6.45) is 8.94. The fourth-order valence-electron chi connectivity index (χ4n) is 4.81. The Morgan fingerprint density at radius 1 is 1.26 bits per heavy atom. The molecule has 0 aliphatic carbocycles. The monoisotopic (exact) mass is 367 g/mol. The first-order valence-corrected chi connectivity index (χ1v) is 9.96. The molecular weight excluding hydrogens is 341 g/mol. The first-order valence-electron chi connectivity index (χ1n) is 9.96. The lowest BCUT2D eigenvalue weighted by Crippen LogP contribution is -2.46. The van der Waals surface area contributed by atoms with Crippen LogP contribution in [0.3, 0.4) is 0 Å². The van der Waals surface area contributed by atoms with Crippen LogP contribution in [0.5, 0.6) is 0 Å². The predicted molar refractivity (Wildman–Crippen MR) is 102 cm³/mol. The number of halogens is 1. The molecule has 0 spiro atoms. The molecule has 1 amide bonds. The molecule has 142 valence electrons. The van der Waals surface area contributed by atoms with E-state index in [1.165, 1.54) is 11.9 Å². The summed E-state index contributed by atoms with van der Waals surface area (Å²) in [6.45, 7) is 3.91. The minimum absolute atomic E-state index is 0.0836. The maximum Gasteiger partial charge on any atom is 0.257 e. The standard InChI is InChI=1S/C22H26FN3O/c1-3-4-21-19(12-24-13-25-21)22(27)26-17-6-7-18(26)11-16(10-17)15-5-8-20(23)14(2)9-15/h5,8-9,12-13,16-18H,3-4,6-7,10-11H2,1-2H3/t16?,17-,18+. The highest BCUT2D eigenvalue weighted by atomic mass is 19.1. The molecule has 3 atom stereocenters. The lowest BCUT2D eigenvalue weighted by molar-refractivity contribution is 0.0569. The van der Waals surface area contributed by atoms with Crippen LogP contribution in [0.4, 0.5) is 4.39 Å². The largest absolute Gasteiger partial charge is 0.333 e. The van der Waals surface area contributed by atoms with Crippen LogP contribution in [0, 0.1) is 12.7 Å². The Kier molecular flexibility index (Phi) is 4.94. The van der Waals surface area contributed by atoms with Crippen LogP contribution in [0.15, 0.2) is 30.7 Å². The quantitative estimate of drug-likeness (QED) is 0.803. The minimum atomic E-state index is -0.151. The molecule has 3 heterocycles. The fraction of sp³-hybridized carbons (Fsp3) is 0.500. The van der Waals surface area contributed by atoms with Gasteiger partial charge in [-0.1, -0.05) is 25.5 Å². The summed E-state index contributed by atoms with van der Waals surface area (Å²) in [7, 11) is 0. The minimum Gasteiger partial charge on any atom is -0.333 e. The van der Waals surface area contributed by atoms with Crippen LogP contribution >= 0.6 is 0 Å². The first kappa shape index (κ1) is 18.1. The van der Waals surface area contributed by atoms with E-state index in [1.807, 2.05) is 19.1 Å². The zero-order valence-electron chi connectivity index (χ0n) is 16.0. The lowest BCUT2D eigenvalue weighted by Gasteiger charge is -2.39. The Bertz CT molecular complexity index is 839. The second-order valence-corrected chi connectivity index (χ2v) is 7.91. The van der Waals surface area contributed by atoms with Crippen LogP contribution in [-0.2, 0) is 6.42 Å². The number of rotatable bonds is 4. The van der Waals surface area contributed by atoms with Gasteiger partial charge in [-0.25, -0.2) is 14.4 Å². The van der Waals surface area contributed by atoms with E-state index >= 15 is 0 Å². The van der Waals surface area contributed by atoms with Crippen molar-refractivity contribution in [1.29, 1.82) is 0 Å². The molecule has 2 aliphatic heterocycles. The fourth-order valence-corrected chi connectivity index (χ4v) is 4.81. The Morgan fingerprint density at radius 3 is 2.67 bits per heavy atom. The van der Waals surface area contributed by atoms with Gasteiger partial charge in [0, 0.05) is 18.3 Å². The van der Waals surface area contributed by atoms with Crippen molar-refractivity contribution in [3.8, 4) is 0 Å². The Balaban J connectivity index is 1.56. The number of aryl methyl sites for hydroxylation is 2. The van der Waals surface area contributed by atoms with E-state index in [4.69, 9.17) is 0 Å². The van der Waals surface area contributed by atoms with Crippen LogP contribution in [-0.4, -0.2) is 32.9 Å². The van der Waals surface area contributed by atoms with Gasteiger partial charge in [0.2, 0.25) is 0 Å². The molecule has 2 bridgehead atoms. The molecule has 1 unspecified atom stereocenters.